The van der Waals surface area contributed by atoms with Crippen LogP contribution in [0.5, 0.6) is 11.5 Å². The number of anilines is 1. The summed E-state index contributed by atoms with van der Waals surface area (Å²) in [7, 11) is 0. The maximum atomic E-state index is 11.0. The van der Waals surface area contributed by atoms with Crippen LogP contribution in [0.3, 0.4) is 0 Å². The van der Waals surface area contributed by atoms with E-state index in [9.17, 15) is 4.79 Å². The summed E-state index contributed by atoms with van der Waals surface area (Å²) >= 11 is 0. The van der Waals surface area contributed by atoms with E-state index in [0.717, 1.165) is 12.8 Å². The number of aromatic carboxylic acids is 1. The Kier molecular flexibility index (Phi) is 4.25. The Labute approximate surface area is 117 Å². The first-order chi connectivity index (χ1) is 9.61. The third-order valence-corrected chi connectivity index (χ3v) is 2.99. The van der Waals surface area contributed by atoms with Gasteiger partial charge in [-0.3, -0.25) is 0 Å². The number of nitrogen functional groups attached to an aromatic ring is 1. The summed E-state index contributed by atoms with van der Waals surface area (Å²) in [5, 5.41) is 9.02. The molecule has 20 heavy (non-hydrogen) atoms. The van der Waals surface area contributed by atoms with Crippen molar-refractivity contribution in [3.63, 3.8) is 0 Å². The van der Waals surface area contributed by atoms with Gasteiger partial charge < -0.3 is 15.6 Å². The summed E-state index contributed by atoms with van der Waals surface area (Å²) < 4.78 is 5.64. The molecule has 4 heteroatoms. The maximum Gasteiger partial charge on any atom is 0.337 e. The number of para-hydroxylation sites is 1. The monoisotopic (exact) mass is 271 g/mol. The summed E-state index contributed by atoms with van der Waals surface area (Å²) in [6.07, 6.45) is 2.12. The summed E-state index contributed by atoms with van der Waals surface area (Å²) in [5.74, 6) is -0.0709. The quantitative estimate of drug-likeness (QED) is 0.813. The van der Waals surface area contributed by atoms with Gasteiger partial charge in [0.1, 0.15) is 5.75 Å². The van der Waals surface area contributed by atoms with Crippen molar-refractivity contribution in [1.29, 1.82) is 0 Å². The average molecular weight is 271 g/mol. The number of hydrogen-bond acceptors (Lipinski definition) is 3. The van der Waals surface area contributed by atoms with Crippen molar-refractivity contribution < 1.29 is 14.6 Å². The molecule has 0 aliphatic carbocycles. The van der Waals surface area contributed by atoms with Gasteiger partial charge in [-0.2, -0.15) is 0 Å². The molecular formula is C16H17NO3. The van der Waals surface area contributed by atoms with E-state index in [1.165, 1.54) is 11.6 Å². The highest BCUT2D eigenvalue weighted by Gasteiger charge is 2.12. The fourth-order valence-corrected chi connectivity index (χ4v) is 1.96. The highest BCUT2D eigenvalue weighted by molar-refractivity contribution is 5.95. The van der Waals surface area contributed by atoms with E-state index in [0.29, 0.717) is 11.5 Å². The first-order valence-corrected chi connectivity index (χ1v) is 6.50. The smallest absolute Gasteiger partial charge is 0.337 e. The molecule has 0 heterocycles. The molecule has 2 rings (SSSR count). The van der Waals surface area contributed by atoms with Crippen LogP contribution < -0.4 is 10.5 Å². The van der Waals surface area contributed by atoms with Crippen LogP contribution in [0.4, 0.5) is 5.69 Å². The van der Waals surface area contributed by atoms with Crippen molar-refractivity contribution in [2.24, 2.45) is 0 Å². The van der Waals surface area contributed by atoms with Gasteiger partial charge in [0.2, 0.25) is 0 Å². The third kappa shape index (κ3) is 3.09. The molecule has 0 amide bonds. The average Bonchev–Trinajstić information content (AvgIpc) is 2.43. The minimum Gasteiger partial charge on any atom is -0.478 e. The van der Waals surface area contributed by atoms with Gasteiger partial charge in [0.15, 0.2) is 5.75 Å². The van der Waals surface area contributed by atoms with Crippen LogP contribution in [0.1, 0.15) is 29.3 Å². The number of nitrogens with two attached hydrogens (primary N) is 1. The fraction of sp³-hybridized carbons (Fsp3) is 0.188. The summed E-state index contributed by atoms with van der Waals surface area (Å²) in [6, 6.07) is 12.4. The van der Waals surface area contributed by atoms with Crippen molar-refractivity contribution in [1.82, 2.24) is 0 Å². The van der Waals surface area contributed by atoms with E-state index in [1.54, 1.807) is 12.1 Å². The Hall–Kier alpha value is -2.49. The van der Waals surface area contributed by atoms with Crippen LogP contribution in [0.25, 0.3) is 0 Å². The van der Waals surface area contributed by atoms with E-state index in [1.807, 2.05) is 24.3 Å². The lowest BCUT2D eigenvalue weighted by Crippen LogP contribution is -2.03. The number of carboxylic acid groups (broad SMARTS) is 1. The molecular weight excluding hydrogens is 254 g/mol. The largest absolute Gasteiger partial charge is 0.478 e. The van der Waals surface area contributed by atoms with Gasteiger partial charge in [-0.05, 0) is 36.2 Å². The number of carbonyl (C=O) groups is 1. The lowest BCUT2D eigenvalue weighted by Gasteiger charge is -2.10. The highest BCUT2D eigenvalue weighted by atomic mass is 16.5. The van der Waals surface area contributed by atoms with Gasteiger partial charge in [-0.25, -0.2) is 4.79 Å². The molecule has 4 nitrogen and oxygen atoms in total. The number of hydrogen-bond donors (Lipinski definition) is 2. The van der Waals surface area contributed by atoms with Crippen molar-refractivity contribution in [2.45, 2.75) is 19.8 Å². The van der Waals surface area contributed by atoms with Crippen molar-refractivity contribution in [3.8, 4) is 11.5 Å². The Balaban J connectivity index is 2.21. The molecule has 0 saturated carbocycles. The second kappa shape index (κ2) is 6.10. The topological polar surface area (TPSA) is 72.5 Å². The number of aryl methyl sites for hydroxylation is 1. The van der Waals surface area contributed by atoms with Gasteiger partial charge in [0.25, 0.3) is 0 Å². The molecule has 2 aromatic carbocycles. The van der Waals surface area contributed by atoms with E-state index < -0.39 is 5.97 Å². The zero-order valence-electron chi connectivity index (χ0n) is 11.3. The molecule has 0 fully saturated rings. The SMILES string of the molecule is CCCc1ccc(Oc2cccc(C(=O)O)c2N)cc1. The summed E-state index contributed by atoms with van der Waals surface area (Å²) in [5.41, 5.74) is 7.23. The van der Waals surface area contributed by atoms with Gasteiger partial charge in [-0.15, -0.1) is 0 Å². The standard InChI is InChI=1S/C16H17NO3/c1-2-4-11-7-9-12(10-8-11)20-14-6-3-5-13(15(14)17)16(18)19/h3,5-10H,2,4,17H2,1H3,(H,18,19). The number of rotatable bonds is 5. The van der Waals surface area contributed by atoms with E-state index in [2.05, 4.69) is 6.92 Å². The predicted molar refractivity (Wildman–Crippen MR) is 78.3 cm³/mol. The molecule has 0 aliphatic rings. The van der Waals surface area contributed by atoms with E-state index in [4.69, 9.17) is 15.6 Å². The first-order valence-electron chi connectivity index (χ1n) is 6.50. The van der Waals surface area contributed by atoms with Crippen molar-refractivity contribution >= 4 is 11.7 Å². The molecule has 0 unspecified atom stereocenters. The Morgan fingerprint density at radius 3 is 2.50 bits per heavy atom. The third-order valence-electron chi connectivity index (χ3n) is 2.99. The minimum absolute atomic E-state index is 0.0464. The molecule has 0 saturated heterocycles. The molecule has 0 spiro atoms. The molecule has 3 N–H and O–H groups in total. The summed E-state index contributed by atoms with van der Waals surface area (Å²) in [4.78, 5) is 11.0. The van der Waals surface area contributed by atoms with Crippen molar-refractivity contribution in [3.05, 3.63) is 53.6 Å². The van der Waals surface area contributed by atoms with E-state index >= 15 is 0 Å². The Morgan fingerprint density at radius 1 is 1.20 bits per heavy atom. The lowest BCUT2D eigenvalue weighted by atomic mass is 10.1. The van der Waals surface area contributed by atoms with Crippen LogP contribution in [0.2, 0.25) is 0 Å². The second-order valence-corrected chi connectivity index (χ2v) is 4.52. The first kappa shape index (κ1) is 13.9. The van der Waals surface area contributed by atoms with Crippen LogP contribution >= 0.6 is 0 Å². The Morgan fingerprint density at radius 2 is 1.90 bits per heavy atom. The fourth-order valence-electron chi connectivity index (χ4n) is 1.96. The van der Waals surface area contributed by atoms with Crippen LogP contribution in [0.15, 0.2) is 42.5 Å². The molecule has 0 aromatic heterocycles. The Bertz CT molecular complexity index is 606. The van der Waals surface area contributed by atoms with Gasteiger partial charge in [0, 0.05) is 0 Å². The zero-order chi connectivity index (χ0) is 14.5. The summed E-state index contributed by atoms with van der Waals surface area (Å²) in [6.45, 7) is 2.13. The molecule has 0 atom stereocenters. The molecule has 0 bridgehead atoms. The van der Waals surface area contributed by atoms with E-state index in [-0.39, 0.29) is 11.3 Å². The number of ether oxygens (including phenoxy) is 1. The number of benzene rings is 2. The highest BCUT2D eigenvalue weighted by Crippen LogP contribution is 2.30. The van der Waals surface area contributed by atoms with Crippen LogP contribution in [-0.4, -0.2) is 11.1 Å². The maximum absolute atomic E-state index is 11.0. The van der Waals surface area contributed by atoms with Gasteiger partial charge in [0.05, 0.1) is 11.3 Å². The minimum atomic E-state index is -1.06. The lowest BCUT2D eigenvalue weighted by molar-refractivity contribution is 0.0697. The molecule has 2 aromatic rings. The number of carboxylic acids is 1. The van der Waals surface area contributed by atoms with Crippen molar-refractivity contribution in [2.75, 3.05) is 5.73 Å². The zero-order valence-corrected chi connectivity index (χ0v) is 11.3. The molecule has 0 radical (unpaired) electrons. The normalized spacial score (nSPS) is 10.2. The second-order valence-electron chi connectivity index (χ2n) is 4.52. The van der Waals surface area contributed by atoms with Gasteiger partial charge in [-0.1, -0.05) is 31.5 Å². The van der Waals surface area contributed by atoms with Crippen LogP contribution in [0, 0.1) is 0 Å². The van der Waals surface area contributed by atoms with Gasteiger partial charge >= 0.3 is 5.97 Å². The molecule has 104 valence electrons. The van der Waals surface area contributed by atoms with Crippen LogP contribution in [-0.2, 0) is 6.42 Å². The molecule has 0 aliphatic heterocycles. The predicted octanol–water partition coefficient (Wildman–Crippen LogP) is 3.71.